The maximum atomic E-state index is 12.4. The molecule has 5 heteroatoms. The molecule has 0 heterocycles. The molecule has 0 aliphatic heterocycles. The normalized spacial score (nSPS) is 14.1. The fraction of sp³-hybridized carbons (Fsp3) is 0.333. The number of carbonyl (C=O) groups is 2. The quantitative estimate of drug-likeness (QED) is 0.763. The van der Waals surface area contributed by atoms with Crippen molar-refractivity contribution in [3.05, 3.63) is 65.7 Å². The largest absolute Gasteiger partial charge is 0.497 e. The molecule has 2 aromatic carbocycles. The fourth-order valence-corrected chi connectivity index (χ4v) is 2.75. The van der Waals surface area contributed by atoms with Gasteiger partial charge in [0.25, 0.3) is 0 Å². The predicted molar refractivity (Wildman–Crippen MR) is 100 cm³/mol. The highest BCUT2D eigenvalue weighted by molar-refractivity contribution is 5.84. The van der Waals surface area contributed by atoms with Gasteiger partial charge in [0, 0.05) is 12.5 Å². The Labute approximate surface area is 154 Å². The number of carboxylic acids is 1. The van der Waals surface area contributed by atoms with Crippen molar-refractivity contribution in [1.29, 1.82) is 0 Å². The molecule has 0 radical (unpaired) electrons. The van der Waals surface area contributed by atoms with E-state index in [1.165, 1.54) is 0 Å². The SMILES string of the molecule is COc1ccc(CC(C)C(=O)NCC(C)(C(=O)O)c2ccccc2)cc1. The minimum atomic E-state index is -1.17. The molecule has 1 amide bonds. The Morgan fingerprint density at radius 1 is 1.12 bits per heavy atom. The van der Waals surface area contributed by atoms with E-state index >= 15 is 0 Å². The summed E-state index contributed by atoms with van der Waals surface area (Å²) < 4.78 is 5.13. The molecule has 0 saturated carbocycles. The Morgan fingerprint density at radius 2 is 1.73 bits per heavy atom. The molecule has 2 unspecified atom stereocenters. The third-order valence-corrected chi connectivity index (χ3v) is 4.65. The molecule has 2 atom stereocenters. The van der Waals surface area contributed by atoms with Crippen LogP contribution in [0.15, 0.2) is 54.6 Å². The van der Waals surface area contributed by atoms with Gasteiger partial charge < -0.3 is 15.2 Å². The zero-order valence-corrected chi connectivity index (χ0v) is 15.4. The lowest BCUT2D eigenvalue weighted by atomic mass is 9.82. The van der Waals surface area contributed by atoms with Gasteiger partial charge in [0.1, 0.15) is 11.2 Å². The van der Waals surface area contributed by atoms with E-state index in [4.69, 9.17) is 4.74 Å². The Kier molecular flexibility index (Phi) is 6.39. The van der Waals surface area contributed by atoms with Crippen LogP contribution in [0.1, 0.15) is 25.0 Å². The van der Waals surface area contributed by atoms with Crippen molar-refractivity contribution in [3.63, 3.8) is 0 Å². The molecule has 26 heavy (non-hydrogen) atoms. The highest BCUT2D eigenvalue weighted by Crippen LogP contribution is 2.23. The van der Waals surface area contributed by atoms with E-state index in [9.17, 15) is 14.7 Å². The number of aliphatic carboxylic acids is 1. The zero-order valence-electron chi connectivity index (χ0n) is 15.4. The van der Waals surface area contributed by atoms with Crippen LogP contribution in [-0.4, -0.2) is 30.6 Å². The lowest BCUT2D eigenvalue weighted by Crippen LogP contribution is -2.45. The molecule has 5 nitrogen and oxygen atoms in total. The second-order valence-electron chi connectivity index (χ2n) is 6.67. The van der Waals surface area contributed by atoms with Gasteiger partial charge in [0.05, 0.1) is 7.11 Å². The van der Waals surface area contributed by atoms with Gasteiger partial charge in [-0.25, -0.2) is 0 Å². The van der Waals surface area contributed by atoms with Crippen LogP contribution in [-0.2, 0) is 21.4 Å². The van der Waals surface area contributed by atoms with Gasteiger partial charge in [0.2, 0.25) is 5.91 Å². The number of nitrogens with one attached hydrogen (secondary N) is 1. The summed E-state index contributed by atoms with van der Waals surface area (Å²) in [4.78, 5) is 24.2. The Hall–Kier alpha value is -2.82. The molecule has 2 rings (SSSR count). The number of carboxylic acid groups (broad SMARTS) is 1. The number of amides is 1. The average molecular weight is 355 g/mol. The summed E-state index contributed by atoms with van der Waals surface area (Å²) in [7, 11) is 1.61. The number of methoxy groups -OCH3 is 1. The highest BCUT2D eigenvalue weighted by atomic mass is 16.5. The van der Waals surface area contributed by atoms with Crippen molar-refractivity contribution >= 4 is 11.9 Å². The number of carbonyl (C=O) groups excluding carboxylic acids is 1. The molecular formula is C21H25NO4. The van der Waals surface area contributed by atoms with Crippen LogP contribution < -0.4 is 10.1 Å². The Balaban J connectivity index is 1.99. The van der Waals surface area contributed by atoms with Gasteiger partial charge in [-0.05, 0) is 36.6 Å². The number of ether oxygens (including phenoxy) is 1. The van der Waals surface area contributed by atoms with Crippen molar-refractivity contribution in [2.24, 2.45) is 5.92 Å². The highest BCUT2D eigenvalue weighted by Gasteiger charge is 2.35. The maximum Gasteiger partial charge on any atom is 0.315 e. The summed E-state index contributed by atoms with van der Waals surface area (Å²) in [5.74, 6) is -0.626. The van der Waals surface area contributed by atoms with Crippen LogP contribution in [0, 0.1) is 5.92 Å². The van der Waals surface area contributed by atoms with E-state index in [2.05, 4.69) is 5.32 Å². The monoisotopic (exact) mass is 355 g/mol. The minimum absolute atomic E-state index is 0.0398. The van der Waals surface area contributed by atoms with Crippen LogP contribution in [0.3, 0.4) is 0 Å². The first-order chi connectivity index (χ1) is 12.4. The van der Waals surface area contributed by atoms with E-state index in [1.54, 1.807) is 38.3 Å². The van der Waals surface area contributed by atoms with Crippen LogP contribution in [0.4, 0.5) is 0 Å². The minimum Gasteiger partial charge on any atom is -0.497 e. The molecule has 2 N–H and O–H groups in total. The molecule has 138 valence electrons. The number of benzene rings is 2. The first-order valence-electron chi connectivity index (χ1n) is 8.56. The summed E-state index contributed by atoms with van der Waals surface area (Å²) >= 11 is 0. The van der Waals surface area contributed by atoms with Crippen molar-refractivity contribution < 1.29 is 19.4 Å². The van der Waals surface area contributed by atoms with Gasteiger partial charge in [0.15, 0.2) is 0 Å². The number of rotatable bonds is 8. The maximum absolute atomic E-state index is 12.4. The first-order valence-corrected chi connectivity index (χ1v) is 8.56. The van der Waals surface area contributed by atoms with Gasteiger partial charge in [-0.1, -0.05) is 49.4 Å². The van der Waals surface area contributed by atoms with Crippen LogP contribution in [0.25, 0.3) is 0 Å². The average Bonchev–Trinajstić information content (AvgIpc) is 2.66. The van der Waals surface area contributed by atoms with E-state index in [-0.39, 0.29) is 18.4 Å². The topological polar surface area (TPSA) is 75.6 Å². The van der Waals surface area contributed by atoms with Gasteiger partial charge in [-0.2, -0.15) is 0 Å². The van der Waals surface area contributed by atoms with Crippen LogP contribution in [0.5, 0.6) is 5.75 Å². The lowest BCUT2D eigenvalue weighted by Gasteiger charge is -2.26. The Morgan fingerprint density at radius 3 is 2.27 bits per heavy atom. The molecule has 0 spiro atoms. The smallest absolute Gasteiger partial charge is 0.315 e. The Bertz CT molecular complexity index is 742. The molecule has 0 aromatic heterocycles. The third kappa shape index (κ3) is 4.63. The van der Waals surface area contributed by atoms with Gasteiger partial charge in [-0.15, -0.1) is 0 Å². The standard InChI is InChI=1S/C21H25NO4/c1-15(13-16-9-11-18(26-3)12-10-16)19(23)22-14-21(2,20(24)25)17-7-5-4-6-8-17/h4-12,15H,13-14H2,1-3H3,(H,22,23)(H,24,25). The molecule has 0 fully saturated rings. The second-order valence-corrected chi connectivity index (χ2v) is 6.67. The molecule has 0 bridgehead atoms. The molecule has 0 aliphatic rings. The predicted octanol–water partition coefficient (Wildman–Crippen LogP) is 3.03. The number of hydrogen-bond acceptors (Lipinski definition) is 3. The van der Waals surface area contributed by atoms with Crippen molar-refractivity contribution in [2.75, 3.05) is 13.7 Å². The van der Waals surface area contributed by atoms with E-state index in [0.29, 0.717) is 12.0 Å². The summed E-state index contributed by atoms with van der Waals surface area (Å²) in [6.07, 6.45) is 0.574. The van der Waals surface area contributed by atoms with Crippen molar-refractivity contribution in [1.82, 2.24) is 5.32 Å². The third-order valence-electron chi connectivity index (χ3n) is 4.65. The molecule has 2 aromatic rings. The van der Waals surface area contributed by atoms with Gasteiger partial charge in [-0.3, -0.25) is 9.59 Å². The van der Waals surface area contributed by atoms with E-state index < -0.39 is 11.4 Å². The molecular weight excluding hydrogens is 330 g/mol. The zero-order chi connectivity index (χ0) is 19.2. The second kappa shape index (κ2) is 8.52. The summed E-state index contributed by atoms with van der Waals surface area (Å²) in [5, 5.41) is 12.5. The lowest BCUT2D eigenvalue weighted by molar-refractivity contribution is -0.143. The molecule has 0 aliphatic carbocycles. The first kappa shape index (κ1) is 19.5. The van der Waals surface area contributed by atoms with E-state index in [1.807, 2.05) is 37.3 Å². The fourth-order valence-electron chi connectivity index (χ4n) is 2.75. The summed E-state index contributed by atoms with van der Waals surface area (Å²) in [5.41, 5.74) is 0.518. The summed E-state index contributed by atoms with van der Waals surface area (Å²) in [6.45, 7) is 3.50. The van der Waals surface area contributed by atoms with E-state index in [0.717, 1.165) is 11.3 Å². The van der Waals surface area contributed by atoms with Crippen molar-refractivity contribution in [2.45, 2.75) is 25.7 Å². The number of hydrogen-bond donors (Lipinski definition) is 2. The van der Waals surface area contributed by atoms with Gasteiger partial charge >= 0.3 is 5.97 Å². The van der Waals surface area contributed by atoms with Crippen LogP contribution >= 0.6 is 0 Å². The van der Waals surface area contributed by atoms with Crippen molar-refractivity contribution in [3.8, 4) is 5.75 Å². The van der Waals surface area contributed by atoms with Crippen LogP contribution in [0.2, 0.25) is 0 Å². The summed E-state index contributed by atoms with van der Waals surface area (Å²) in [6, 6.07) is 16.5. The molecule has 0 saturated heterocycles.